The smallest absolute Gasteiger partial charge is 0.338 e. The second kappa shape index (κ2) is 8.45. The zero-order valence-electron chi connectivity index (χ0n) is 15.8. The summed E-state index contributed by atoms with van der Waals surface area (Å²) < 4.78 is 25.3. The number of nitrogens with zero attached hydrogens (tertiary/aromatic N) is 2. The largest absolute Gasteiger partial charge is 0.463 e. The minimum Gasteiger partial charge on any atom is -0.463 e. The number of benzene rings is 2. The predicted octanol–water partition coefficient (Wildman–Crippen LogP) is 3.52. The number of halogens is 1. The summed E-state index contributed by atoms with van der Waals surface area (Å²) >= 11 is 0. The van der Waals surface area contributed by atoms with Crippen LogP contribution in [0.2, 0.25) is 0 Å². The highest BCUT2D eigenvalue weighted by molar-refractivity contribution is 6.00. The number of carbonyl (C=O) groups is 1. The Hall–Kier alpha value is -4.19. The first-order valence-corrected chi connectivity index (χ1v) is 8.87. The fraction of sp³-hybridized carbons (Fsp3) is 0.143. The van der Waals surface area contributed by atoms with Crippen LogP contribution in [0.25, 0.3) is 5.76 Å². The number of ether oxygens (including phenoxy) is 2. The maximum absolute atomic E-state index is 14.7. The van der Waals surface area contributed by atoms with Crippen molar-refractivity contribution in [2.24, 2.45) is 5.73 Å². The van der Waals surface area contributed by atoms with Gasteiger partial charge in [-0.25, -0.2) is 9.18 Å². The highest BCUT2D eigenvalue weighted by Gasteiger charge is 2.39. The van der Waals surface area contributed by atoms with Crippen molar-refractivity contribution in [3.8, 4) is 6.07 Å². The van der Waals surface area contributed by atoms with Gasteiger partial charge in [0, 0.05) is 23.3 Å². The van der Waals surface area contributed by atoms with E-state index < -0.39 is 22.6 Å². The summed E-state index contributed by atoms with van der Waals surface area (Å²) in [7, 11) is 0. The van der Waals surface area contributed by atoms with Crippen molar-refractivity contribution in [3.63, 3.8) is 0 Å². The summed E-state index contributed by atoms with van der Waals surface area (Å²) in [5.41, 5.74) is 5.51. The number of esters is 1. The summed E-state index contributed by atoms with van der Waals surface area (Å²) in [5.74, 6) is -3.20. The number of hydrogen-bond donors (Lipinski definition) is 1. The lowest BCUT2D eigenvalue weighted by atomic mass is 9.81. The Balaban J connectivity index is 2.33. The Labute approximate surface area is 170 Å². The first kappa shape index (κ1) is 20.5. The number of nitriles is 1. The Bertz CT molecular complexity index is 1130. The van der Waals surface area contributed by atoms with Crippen LogP contribution in [-0.2, 0) is 14.3 Å². The van der Waals surface area contributed by atoms with Crippen LogP contribution in [0.3, 0.4) is 0 Å². The van der Waals surface area contributed by atoms with Crippen molar-refractivity contribution >= 4 is 17.4 Å². The van der Waals surface area contributed by atoms with Gasteiger partial charge < -0.3 is 15.2 Å². The van der Waals surface area contributed by atoms with Crippen LogP contribution >= 0.6 is 0 Å². The van der Waals surface area contributed by atoms with Crippen LogP contribution in [0.4, 0.5) is 10.1 Å². The summed E-state index contributed by atoms with van der Waals surface area (Å²) in [6, 6.07) is 12.8. The average Bonchev–Trinajstić information content (AvgIpc) is 2.73. The van der Waals surface area contributed by atoms with Gasteiger partial charge in [-0.3, -0.25) is 10.1 Å². The van der Waals surface area contributed by atoms with E-state index in [-0.39, 0.29) is 46.2 Å². The first-order valence-electron chi connectivity index (χ1n) is 8.87. The molecule has 0 aromatic heterocycles. The van der Waals surface area contributed by atoms with E-state index in [1.165, 1.54) is 42.5 Å². The molecular formula is C21H16FN3O5. The lowest BCUT2D eigenvalue weighted by Crippen LogP contribution is -2.26. The minimum absolute atomic E-state index is 0.00955. The third-order valence-electron chi connectivity index (χ3n) is 4.45. The maximum atomic E-state index is 14.7. The molecule has 0 saturated carbocycles. The fourth-order valence-electron chi connectivity index (χ4n) is 3.17. The van der Waals surface area contributed by atoms with Crippen LogP contribution < -0.4 is 5.73 Å². The van der Waals surface area contributed by atoms with Gasteiger partial charge in [-0.2, -0.15) is 5.26 Å². The van der Waals surface area contributed by atoms with Crippen molar-refractivity contribution in [1.29, 1.82) is 5.26 Å². The molecule has 1 aliphatic heterocycles. The van der Waals surface area contributed by atoms with Crippen LogP contribution in [0, 0.1) is 27.3 Å². The molecule has 9 heteroatoms. The molecule has 2 aromatic carbocycles. The second-order valence-corrected chi connectivity index (χ2v) is 6.22. The Kier molecular flexibility index (Phi) is 5.78. The zero-order chi connectivity index (χ0) is 21.8. The molecule has 0 radical (unpaired) electrons. The van der Waals surface area contributed by atoms with Gasteiger partial charge in [-0.05, 0) is 13.0 Å². The number of non-ortho nitro benzene ring substituents is 1. The molecule has 1 aliphatic rings. The van der Waals surface area contributed by atoms with Crippen LogP contribution in [0.5, 0.6) is 0 Å². The number of hydrogen-bond acceptors (Lipinski definition) is 7. The van der Waals surface area contributed by atoms with Gasteiger partial charge in [0.05, 0.1) is 23.0 Å². The number of nitro groups is 1. The highest BCUT2D eigenvalue weighted by Crippen LogP contribution is 2.43. The number of rotatable bonds is 5. The normalized spacial score (nSPS) is 16.0. The lowest BCUT2D eigenvalue weighted by molar-refractivity contribution is -0.384. The molecule has 0 spiro atoms. The second-order valence-electron chi connectivity index (χ2n) is 6.22. The topological polar surface area (TPSA) is 128 Å². The number of allylic oxidation sites excluding steroid dienone is 1. The zero-order valence-corrected chi connectivity index (χ0v) is 15.8. The van der Waals surface area contributed by atoms with E-state index in [1.54, 1.807) is 13.0 Å². The molecule has 8 nitrogen and oxygen atoms in total. The van der Waals surface area contributed by atoms with E-state index in [0.717, 1.165) is 0 Å². The third-order valence-corrected chi connectivity index (χ3v) is 4.45. The summed E-state index contributed by atoms with van der Waals surface area (Å²) in [5, 5.41) is 20.8. The Morgan fingerprint density at radius 2 is 2.07 bits per heavy atom. The Morgan fingerprint density at radius 1 is 1.33 bits per heavy atom. The van der Waals surface area contributed by atoms with Crippen molar-refractivity contribution < 1.29 is 23.6 Å². The van der Waals surface area contributed by atoms with E-state index in [2.05, 4.69) is 0 Å². The molecule has 0 aliphatic carbocycles. The minimum atomic E-state index is -1.21. The van der Waals surface area contributed by atoms with Crippen LogP contribution in [0.1, 0.15) is 24.0 Å². The summed E-state index contributed by atoms with van der Waals surface area (Å²) in [6.07, 6.45) is 0. The monoisotopic (exact) mass is 409 g/mol. The van der Waals surface area contributed by atoms with E-state index in [4.69, 9.17) is 15.2 Å². The molecule has 1 atom stereocenters. The quantitative estimate of drug-likeness (QED) is 0.454. The molecule has 0 fully saturated rings. The predicted molar refractivity (Wildman–Crippen MR) is 104 cm³/mol. The van der Waals surface area contributed by atoms with Crippen LogP contribution in [-0.4, -0.2) is 17.5 Å². The maximum Gasteiger partial charge on any atom is 0.338 e. The molecule has 1 heterocycles. The molecule has 2 N–H and O–H groups in total. The fourth-order valence-corrected chi connectivity index (χ4v) is 3.17. The van der Waals surface area contributed by atoms with Gasteiger partial charge in [0.25, 0.3) is 5.69 Å². The summed E-state index contributed by atoms with van der Waals surface area (Å²) in [6.45, 7) is 1.60. The number of carbonyl (C=O) groups excluding carboxylic acids is 1. The molecule has 0 saturated heterocycles. The van der Waals surface area contributed by atoms with Crippen molar-refractivity contribution in [2.75, 3.05) is 6.61 Å². The van der Waals surface area contributed by atoms with Gasteiger partial charge in [-0.15, -0.1) is 0 Å². The van der Waals surface area contributed by atoms with Gasteiger partial charge in [-0.1, -0.05) is 30.3 Å². The van der Waals surface area contributed by atoms with E-state index in [1.807, 2.05) is 6.07 Å². The molecule has 0 amide bonds. The van der Waals surface area contributed by atoms with Crippen LogP contribution in [0.15, 0.2) is 65.6 Å². The van der Waals surface area contributed by atoms with Crippen molar-refractivity contribution in [2.45, 2.75) is 12.8 Å². The molecular weight excluding hydrogens is 393 g/mol. The van der Waals surface area contributed by atoms with Gasteiger partial charge in [0.2, 0.25) is 5.88 Å². The third kappa shape index (κ3) is 3.71. The molecule has 30 heavy (non-hydrogen) atoms. The number of nitrogens with two attached hydrogens (primary N) is 1. The standard InChI is InChI=1S/C21H16FN3O5/c1-2-29-21(26)18-17(14-8-3-4-9-16(14)22)15(11-23)20(24)30-19(18)12-6-5-7-13(10-12)25(27)28/h3-10,17H,2,24H2,1H3. The summed E-state index contributed by atoms with van der Waals surface area (Å²) in [4.78, 5) is 23.4. The molecule has 0 bridgehead atoms. The molecule has 152 valence electrons. The molecule has 2 aromatic rings. The SMILES string of the molecule is CCOC(=O)C1=C(c2cccc([N+](=O)[O-])c2)OC(N)=C(C#N)C1c1ccccc1F. The van der Waals surface area contributed by atoms with Gasteiger partial charge in [0.1, 0.15) is 23.2 Å². The van der Waals surface area contributed by atoms with E-state index >= 15 is 0 Å². The number of nitro benzene ring substituents is 1. The highest BCUT2D eigenvalue weighted by atomic mass is 19.1. The van der Waals surface area contributed by atoms with Gasteiger partial charge >= 0.3 is 5.97 Å². The first-order chi connectivity index (χ1) is 14.4. The molecule has 3 rings (SSSR count). The molecule has 1 unspecified atom stereocenters. The van der Waals surface area contributed by atoms with Crippen molar-refractivity contribution in [3.05, 3.63) is 92.6 Å². The average molecular weight is 409 g/mol. The Morgan fingerprint density at radius 3 is 2.70 bits per heavy atom. The van der Waals surface area contributed by atoms with E-state index in [0.29, 0.717) is 0 Å². The lowest BCUT2D eigenvalue weighted by Gasteiger charge is -2.28. The van der Waals surface area contributed by atoms with Gasteiger partial charge in [0.15, 0.2) is 0 Å². The van der Waals surface area contributed by atoms with E-state index in [9.17, 15) is 24.6 Å². The van der Waals surface area contributed by atoms with Crippen molar-refractivity contribution in [1.82, 2.24) is 0 Å².